The van der Waals surface area contributed by atoms with E-state index in [2.05, 4.69) is 0 Å². The van der Waals surface area contributed by atoms with E-state index in [9.17, 15) is 0 Å². The molecule has 0 aliphatic carbocycles. The average molecular weight is 166 g/mol. The molecular formula is C6H18N2O3. The van der Waals surface area contributed by atoms with E-state index >= 15 is 0 Å². The predicted octanol–water partition coefficient (Wildman–Crippen LogP) is -1.85. The zero-order chi connectivity index (χ0) is 9.11. The van der Waals surface area contributed by atoms with Gasteiger partial charge in [0.15, 0.2) is 0 Å². The van der Waals surface area contributed by atoms with Gasteiger partial charge in [0.05, 0.1) is 13.2 Å². The standard InChI is InChI=1S/C4H12N2O2.C2H6O/c5-6(1-3-7)2-4-8;1-2-3/h7-8H,1-5H2;3H,2H2,1H3. The van der Waals surface area contributed by atoms with Gasteiger partial charge in [-0.15, -0.1) is 0 Å². The molecule has 0 heterocycles. The Morgan fingerprint density at radius 3 is 1.55 bits per heavy atom. The van der Waals surface area contributed by atoms with Crippen molar-refractivity contribution < 1.29 is 15.3 Å². The summed E-state index contributed by atoms with van der Waals surface area (Å²) in [7, 11) is 0. The molecule has 5 heteroatoms. The number of hydrogen-bond donors (Lipinski definition) is 4. The summed E-state index contributed by atoms with van der Waals surface area (Å²) in [5.74, 6) is 5.21. The summed E-state index contributed by atoms with van der Waals surface area (Å²) in [5.41, 5.74) is 0. The van der Waals surface area contributed by atoms with Crippen LogP contribution in [-0.4, -0.2) is 53.2 Å². The molecule has 0 atom stereocenters. The smallest absolute Gasteiger partial charge is 0.0572 e. The maximum Gasteiger partial charge on any atom is 0.0572 e. The molecule has 0 spiro atoms. The van der Waals surface area contributed by atoms with Gasteiger partial charge in [-0.2, -0.15) is 0 Å². The Labute approximate surface area is 67.0 Å². The molecule has 0 saturated carbocycles. The Bertz CT molecular complexity index is 57.8. The molecule has 5 nitrogen and oxygen atoms in total. The lowest BCUT2D eigenvalue weighted by Crippen LogP contribution is -2.35. The summed E-state index contributed by atoms with van der Waals surface area (Å²) in [6.07, 6.45) is 0. The van der Waals surface area contributed by atoms with Gasteiger partial charge in [0.25, 0.3) is 0 Å². The summed E-state index contributed by atoms with van der Waals surface area (Å²) in [4.78, 5) is 0. The molecule has 70 valence electrons. The SMILES string of the molecule is CCO.NN(CCO)CCO. The van der Waals surface area contributed by atoms with E-state index in [-0.39, 0.29) is 19.8 Å². The van der Waals surface area contributed by atoms with Crippen LogP contribution in [0.15, 0.2) is 0 Å². The van der Waals surface area contributed by atoms with Crippen LogP contribution in [-0.2, 0) is 0 Å². The molecule has 0 fully saturated rings. The van der Waals surface area contributed by atoms with Crippen LogP contribution >= 0.6 is 0 Å². The summed E-state index contributed by atoms with van der Waals surface area (Å²) in [6.45, 7) is 2.84. The van der Waals surface area contributed by atoms with Crippen LogP contribution in [0.2, 0.25) is 0 Å². The lowest BCUT2D eigenvalue weighted by molar-refractivity contribution is 0.163. The van der Waals surface area contributed by atoms with Gasteiger partial charge in [0.1, 0.15) is 0 Å². The highest BCUT2D eigenvalue weighted by molar-refractivity contribution is 4.42. The number of hydrogen-bond acceptors (Lipinski definition) is 5. The molecule has 0 rings (SSSR count). The van der Waals surface area contributed by atoms with Crippen molar-refractivity contribution in [1.29, 1.82) is 0 Å². The third kappa shape index (κ3) is 17.7. The minimum Gasteiger partial charge on any atom is -0.397 e. The van der Waals surface area contributed by atoms with Crippen LogP contribution in [0.4, 0.5) is 0 Å². The first kappa shape index (κ1) is 13.4. The second-order valence-electron chi connectivity index (χ2n) is 1.80. The number of rotatable bonds is 4. The largest absolute Gasteiger partial charge is 0.397 e. The van der Waals surface area contributed by atoms with Crippen molar-refractivity contribution in [2.24, 2.45) is 5.84 Å². The van der Waals surface area contributed by atoms with Crippen molar-refractivity contribution in [3.63, 3.8) is 0 Å². The van der Waals surface area contributed by atoms with Gasteiger partial charge in [-0.25, -0.2) is 5.01 Å². The van der Waals surface area contributed by atoms with Gasteiger partial charge in [-0.3, -0.25) is 5.84 Å². The summed E-state index contributed by atoms with van der Waals surface area (Å²) in [5, 5.41) is 25.5. The topological polar surface area (TPSA) is 90.0 Å². The lowest BCUT2D eigenvalue weighted by Gasteiger charge is -2.11. The lowest BCUT2D eigenvalue weighted by atomic mass is 10.6. The number of nitrogens with zero attached hydrogens (tertiary/aromatic N) is 1. The van der Waals surface area contributed by atoms with Crippen LogP contribution in [0.3, 0.4) is 0 Å². The minimum absolute atomic E-state index is 0.0382. The molecule has 0 aliphatic heterocycles. The van der Waals surface area contributed by atoms with Crippen molar-refractivity contribution in [1.82, 2.24) is 5.01 Å². The third-order valence-electron chi connectivity index (χ3n) is 0.774. The Balaban J connectivity index is 0. The van der Waals surface area contributed by atoms with Crippen molar-refractivity contribution in [3.8, 4) is 0 Å². The summed E-state index contributed by atoms with van der Waals surface area (Å²) in [6, 6.07) is 0. The third-order valence-corrected chi connectivity index (χ3v) is 0.774. The van der Waals surface area contributed by atoms with Gasteiger partial charge in [0.2, 0.25) is 0 Å². The molecule has 0 aromatic rings. The summed E-state index contributed by atoms with van der Waals surface area (Å²) < 4.78 is 0. The first-order valence-electron chi connectivity index (χ1n) is 3.55. The molecule has 0 radical (unpaired) electrons. The maximum atomic E-state index is 8.26. The minimum atomic E-state index is 0.0382. The maximum absolute atomic E-state index is 8.26. The molecule has 0 saturated heterocycles. The zero-order valence-electron chi connectivity index (χ0n) is 6.90. The zero-order valence-corrected chi connectivity index (χ0v) is 6.90. The second kappa shape index (κ2) is 12.5. The van der Waals surface area contributed by atoms with E-state index in [1.807, 2.05) is 0 Å². The highest BCUT2D eigenvalue weighted by Crippen LogP contribution is 1.71. The van der Waals surface area contributed by atoms with E-state index < -0.39 is 0 Å². The molecule has 0 aromatic heterocycles. The Morgan fingerprint density at radius 2 is 1.36 bits per heavy atom. The van der Waals surface area contributed by atoms with E-state index in [4.69, 9.17) is 21.2 Å². The highest BCUT2D eigenvalue weighted by Gasteiger charge is 1.92. The molecule has 11 heavy (non-hydrogen) atoms. The number of hydrazine groups is 1. The number of aliphatic hydroxyl groups is 3. The van der Waals surface area contributed by atoms with Gasteiger partial charge < -0.3 is 15.3 Å². The Hall–Kier alpha value is -0.200. The van der Waals surface area contributed by atoms with Crippen LogP contribution < -0.4 is 5.84 Å². The molecule has 0 aromatic carbocycles. The molecule has 0 aliphatic rings. The predicted molar refractivity (Wildman–Crippen MR) is 42.7 cm³/mol. The fourth-order valence-electron chi connectivity index (χ4n) is 0.369. The first-order chi connectivity index (χ1) is 5.22. The molecule has 0 unspecified atom stereocenters. The highest BCUT2D eigenvalue weighted by atomic mass is 16.3. The normalized spacial score (nSPS) is 9.27. The Kier molecular flexibility index (Phi) is 15.2. The summed E-state index contributed by atoms with van der Waals surface area (Å²) >= 11 is 0. The van der Waals surface area contributed by atoms with Crippen LogP contribution in [0.25, 0.3) is 0 Å². The second-order valence-corrected chi connectivity index (χ2v) is 1.80. The van der Waals surface area contributed by atoms with Crippen molar-refractivity contribution in [3.05, 3.63) is 0 Å². The van der Waals surface area contributed by atoms with E-state index in [0.29, 0.717) is 13.1 Å². The fourth-order valence-corrected chi connectivity index (χ4v) is 0.369. The number of nitrogens with two attached hydrogens (primary N) is 1. The molecule has 5 N–H and O–H groups in total. The van der Waals surface area contributed by atoms with Crippen LogP contribution in [0, 0.1) is 0 Å². The fraction of sp³-hybridized carbons (Fsp3) is 1.00. The first-order valence-corrected chi connectivity index (χ1v) is 3.55. The molecular weight excluding hydrogens is 148 g/mol. The van der Waals surface area contributed by atoms with E-state index in [1.165, 1.54) is 5.01 Å². The average Bonchev–Trinajstić information content (AvgIpc) is 1.90. The molecule has 0 amide bonds. The van der Waals surface area contributed by atoms with Crippen LogP contribution in [0.1, 0.15) is 6.92 Å². The monoisotopic (exact) mass is 166 g/mol. The van der Waals surface area contributed by atoms with Gasteiger partial charge in [0, 0.05) is 19.7 Å². The van der Waals surface area contributed by atoms with Gasteiger partial charge in [-0.05, 0) is 6.92 Å². The van der Waals surface area contributed by atoms with Crippen molar-refractivity contribution in [2.75, 3.05) is 32.9 Å². The van der Waals surface area contributed by atoms with Crippen LogP contribution in [0.5, 0.6) is 0 Å². The van der Waals surface area contributed by atoms with E-state index in [0.717, 1.165) is 0 Å². The number of aliphatic hydroxyl groups excluding tert-OH is 3. The Morgan fingerprint density at radius 1 is 1.09 bits per heavy atom. The quantitative estimate of drug-likeness (QED) is 0.291. The van der Waals surface area contributed by atoms with Gasteiger partial charge >= 0.3 is 0 Å². The van der Waals surface area contributed by atoms with Gasteiger partial charge in [-0.1, -0.05) is 0 Å². The van der Waals surface area contributed by atoms with Crippen molar-refractivity contribution in [2.45, 2.75) is 6.92 Å². The molecule has 0 bridgehead atoms. The van der Waals surface area contributed by atoms with Crippen molar-refractivity contribution >= 4 is 0 Å². The van der Waals surface area contributed by atoms with E-state index in [1.54, 1.807) is 6.92 Å².